The molecule has 0 amide bonds. The highest BCUT2D eigenvalue weighted by Crippen LogP contribution is 2.38. The van der Waals surface area contributed by atoms with Crippen LogP contribution in [0.25, 0.3) is 0 Å². The Bertz CT molecular complexity index is 1210. The Morgan fingerprint density at radius 2 is 1.15 bits per heavy atom. The van der Waals surface area contributed by atoms with E-state index >= 15 is 0 Å². The van der Waals surface area contributed by atoms with E-state index in [1.807, 2.05) is 57.6 Å². The lowest BCUT2D eigenvalue weighted by Gasteiger charge is -2.28. The maximum atomic E-state index is 12.7. The highest BCUT2D eigenvalue weighted by Gasteiger charge is 2.21. The van der Waals surface area contributed by atoms with Gasteiger partial charge in [-0.1, -0.05) is 152 Å². The maximum absolute atomic E-state index is 12.7. The first-order valence-electron chi connectivity index (χ1n) is 23.1. The third kappa shape index (κ3) is 43.6. The van der Waals surface area contributed by atoms with Crippen molar-refractivity contribution >= 4 is 19.8 Å². The number of aliphatic hydroxyl groups is 1. The molecule has 0 aromatic heterocycles. The van der Waals surface area contributed by atoms with Gasteiger partial charge >= 0.3 is 11.9 Å². The summed E-state index contributed by atoms with van der Waals surface area (Å²) in [6, 6.07) is 0. The molecule has 0 saturated heterocycles. The molecule has 0 fully saturated rings. The van der Waals surface area contributed by atoms with Gasteiger partial charge in [-0.3, -0.25) is 14.2 Å². The largest absolute Gasteiger partial charge is 0.756 e. The number of carbonyl (C=O) groups excluding carboxylic acids is 2. The number of ether oxygens (including phenoxy) is 2. The number of likely N-dealkylation sites (N-methyl/N-ethyl adjacent to an activating group) is 1. The van der Waals surface area contributed by atoms with Crippen molar-refractivity contribution in [2.24, 2.45) is 0 Å². The summed E-state index contributed by atoms with van der Waals surface area (Å²) in [5.41, 5.74) is 0. The van der Waals surface area contributed by atoms with Gasteiger partial charge in [-0.2, -0.15) is 0 Å². The van der Waals surface area contributed by atoms with E-state index in [1.165, 1.54) is 83.5 Å². The minimum absolute atomic E-state index is 0.0554. The Labute approximate surface area is 360 Å². The maximum Gasteiger partial charge on any atom is 0.306 e. The van der Waals surface area contributed by atoms with Crippen LogP contribution in [0.15, 0.2) is 60.8 Å². The van der Waals surface area contributed by atoms with Crippen LogP contribution in [0.5, 0.6) is 0 Å². The number of unbranched alkanes of at least 4 members (excludes halogenated alkanes) is 17. The third-order valence-electron chi connectivity index (χ3n) is 9.59. The molecule has 1 N–H and O–H groups in total. The van der Waals surface area contributed by atoms with Crippen LogP contribution < -0.4 is 4.89 Å². The number of quaternary nitrogens is 1. The molecule has 0 aromatic rings. The van der Waals surface area contributed by atoms with Crippen LogP contribution in [0.2, 0.25) is 0 Å². The summed E-state index contributed by atoms with van der Waals surface area (Å²) in [6.45, 7) is 4.02. The lowest BCUT2D eigenvalue weighted by Crippen LogP contribution is -2.37. The van der Waals surface area contributed by atoms with Crippen LogP contribution in [-0.4, -0.2) is 81.2 Å². The molecule has 0 radical (unpaired) electrons. The third-order valence-corrected chi connectivity index (χ3v) is 10.6. The fraction of sp³-hybridized carbons (Fsp3) is 0.750. The number of hydrogen-bond donors (Lipinski definition) is 1. The SMILES string of the molecule is CCCCC/C=C\C=C/[C@H](O)C/C=C\C/C=C/CCCC(=O)O[C@H](COC(=O)CCCCCCCCC/C=C\CCCCCCCC)COP(=O)([O-])OCC[N+](C)(C)C. The van der Waals surface area contributed by atoms with Gasteiger partial charge in [0.05, 0.1) is 33.9 Å². The summed E-state index contributed by atoms with van der Waals surface area (Å²) >= 11 is 0. The van der Waals surface area contributed by atoms with Crippen LogP contribution in [0.1, 0.15) is 174 Å². The summed E-state index contributed by atoms with van der Waals surface area (Å²) in [6.07, 6.45) is 44.2. The van der Waals surface area contributed by atoms with Gasteiger partial charge in [0, 0.05) is 12.8 Å². The number of carbonyl (C=O) groups is 2. The minimum Gasteiger partial charge on any atom is -0.756 e. The fourth-order valence-corrected chi connectivity index (χ4v) is 6.63. The molecule has 0 heterocycles. The van der Waals surface area contributed by atoms with Gasteiger partial charge in [-0.25, -0.2) is 0 Å². The van der Waals surface area contributed by atoms with Crippen molar-refractivity contribution in [3.63, 3.8) is 0 Å². The Morgan fingerprint density at radius 3 is 1.81 bits per heavy atom. The zero-order chi connectivity index (χ0) is 43.7. The predicted octanol–water partition coefficient (Wildman–Crippen LogP) is 11.6. The highest BCUT2D eigenvalue weighted by atomic mass is 31.2. The van der Waals surface area contributed by atoms with Crippen LogP contribution in [0.4, 0.5) is 0 Å². The molecule has 10 nitrogen and oxygen atoms in total. The van der Waals surface area contributed by atoms with E-state index in [0.29, 0.717) is 43.1 Å². The summed E-state index contributed by atoms with van der Waals surface area (Å²) < 4.78 is 33.8. The summed E-state index contributed by atoms with van der Waals surface area (Å²) in [5, 5.41) is 10.1. The molecule has 3 atom stereocenters. The minimum atomic E-state index is -4.66. The Balaban J connectivity index is 4.49. The number of phosphoric acid groups is 1. The number of allylic oxidation sites excluding steroid dienone is 8. The van der Waals surface area contributed by atoms with Gasteiger partial charge in [-0.15, -0.1) is 0 Å². The molecule has 0 bridgehead atoms. The van der Waals surface area contributed by atoms with Crippen LogP contribution in [0, 0.1) is 0 Å². The molecule has 0 saturated carbocycles. The van der Waals surface area contributed by atoms with Gasteiger partial charge in [0.25, 0.3) is 7.82 Å². The number of aliphatic hydroxyl groups excluding tert-OH is 1. The number of nitrogens with zero attached hydrogens (tertiary/aromatic N) is 1. The van der Waals surface area contributed by atoms with Crippen LogP contribution >= 0.6 is 7.82 Å². The van der Waals surface area contributed by atoms with Gasteiger partial charge in [-0.05, 0) is 70.6 Å². The van der Waals surface area contributed by atoms with Crippen molar-refractivity contribution in [3.8, 4) is 0 Å². The first-order valence-corrected chi connectivity index (χ1v) is 24.6. The van der Waals surface area contributed by atoms with Crippen molar-refractivity contribution in [1.82, 2.24) is 0 Å². The van der Waals surface area contributed by atoms with E-state index in [1.54, 1.807) is 6.08 Å². The second-order valence-corrected chi connectivity index (χ2v) is 18.0. The monoisotopic (exact) mass is 852 g/mol. The molecule has 1 unspecified atom stereocenters. The summed E-state index contributed by atoms with van der Waals surface area (Å²) in [5.74, 6) is -0.949. The van der Waals surface area contributed by atoms with E-state index < -0.39 is 38.6 Å². The van der Waals surface area contributed by atoms with Gasteiger partial charge in [0.15, 0.2) is 6.10 Å². The zero-order valence-electron chi connectivity index (χ0n) is 38.0. The van der Waals surface area contributed by atoms with E-state index in [-0.39, 0.29) is 26.1 Å². The second kappa shape index (κ2) is 39.8. The quantitative estimate of drug-likeness (QED) is 0.0159. The second-order valence-electron chi connectivity index (χ2n) is 16.6. The van der Waals surface area contributed by atoms with Crippen molar-refractivity contribution < 1.29 is 47.2 Å². The molecular formula is C48H86NO9P. The van der Waals surface area contributed by atoms with Crippen LogP contribution in [-0.2, 0) is 32.7 Å². The number of rotatable bonds is 41. The Morgan fingerprint density at radius 1 is 0.627 bits per heavy atom. The van der Waals surface area contributed by atoms with Crippen molar-refractivity contribution in [3.05, 3.63) is 60.8 Å². The number of hydrogen-bond acceptors (Lipinski definition) is 9. The smallest absolute Gasteiger partial charge is 0.306 e. The molecule has 342 valence electrons. The Kier molecular flexibility index (Phi) is 38.2. The van der Waals surface area contributed by atoms with Gasteiger partial charge < -0.3 is 33.0 Å². The van der Waals surface area contributed by atoms with Crippen LogP contribution in [0.3, 0.4) is 0 Å². The fourth-order valence-electron chi connectivity index (χ4n) is 5.90. The first-order chi connectivity index (χ1) is 28.4. The molecule has 0 rings (SSSR count). The lowest BCUT2D eigenvalue weighted by atomic mass is 10.1. The molecule has 0 aliphatic heterocycles. The van der Waals surface area contributed by atoms with Gasteiger partial charge in [0.2, 0.25) is 0 Å². The van der Waals surface area contributed by atoms with Crippen molar-refractivity contribution in [1.29, 1.82) is 0 Å². The van der Waals surface area contributed by atoms with Crippen molar-refractivity contribution in [2.45, 2.75) is 187 Å². The molecule has 0 aliphatic rings. The Hall–Kier alpha value is -2.33. The standard InChI is InChI=1S/C48H86NO9P/c1-6-8-10-12-14-15-16-17-18-19-20-21-22-23-27-31-35-39-47(51)55-43-46(44-57-59(53,54)56-42-41-49(3,4)5)58-48(52)40-36-32-28-24-26-30-34-38-45(50)37-33-29-25-13-11-9-7-2/h17-18,24-25,28-30,33-34,37,45-46,50H,6-16,19-23,26-27,31-32,35-36,38-44H2,1-5H3/b18-17-,28-24+,29-25-,34-30-,37-33-/t45-,46+/m0/s1. The van der Waals surface area contributed by atoms with E-state index in [9.17, 15) is 24.2 Å². The number of phosphoric ester groups is 1. The average molecular weight is 852 g/mol. The molecule has 59 heavy (non-hydrogen) atoms. The van der Waals surface area contributed by atoms with Crippen molar-refractivity contribution in [2.75, 3.05) is 47.5 Å². The highest BCUT2D eigenvalue weighted by molar-refractivity contribution is 7.45. The van der Waals surface area contributed by atoms with E-state index in [0.717, 1.165) is 32.1 Å². The summed E-state index contributed by atoms with van der Waals surface area (Å²) in [4.78, 5) is 37.6. The zero-order valence-corrected chi connectivity index (χ0v) is 38.9. The summed E-state index contributed by atoms with van der Waals surface area (Å²) in [7, 11) is 1.08. The first kappa shape index (κ1) is 56.7. The molecule has 0 aromatic carbocycles. The molecule has 11 heteroatoms. The van der Waals surface area contributed by atoms with E-state index in [2.05, 4.69) is 32.1 Å². The predicted molar refractivity (Wildman–Crippen MR) is 242 cm³/mol. The van der Waals surface area contributed by atoms with Gasteiger partial charge in [0.1, 0.15) is 19.8 Å². The normalized spacial score (nSPS) is 14.6. The lowest BCUT2D eigenvalue weighted by molar-refractivity contribution is -0.870. The number of esters is 2. The topological polar surface area (TPSA) is 131 Å². The molecule has 0 aliphatic carbocycles. The van der Waals surface area contributed by atoms with E-state index in [4.69, 9.17) is 18.5 Å². The molecular weight excluding hydrogens is 766 g/mol. The average Bonchev–Trinajstić information content (AvgIpc) is 3.18. The molecule has 0 spiro atoms.